The Labute approximate surface area is 65.5 Å². The zero-order valence-electron chi connectivity index (χ0n) is 7.10. The van der Waals surface area contributed by atoms with E-state index in [0.717, 1.165) is 26.0 Å². The van der Waals surface area contributed by atoms with E-state index in [1.54, 1.807) is 0 Å². The van der Waals surface area contributed by atoms with Crippen LogP contribution in [0.5, 0.6) is 0 Å². The van der Waals surface area contributed by atoms with Crippen LogP contribution in [0.3, 0.4) is 0 Å². The van der Waals surface area contributed by atoms with Crippen LogP contribution in [-0.4, -0.2) is 22.2 Å². The third-order valence-corrected chi connectivity index (χ3v) is 3.45. The number of hydrogen-bond donors (Lipinski definition) is 1. The lowest BCUT2D eigenvalue weighted by atomic mass is 10.5. The van der Waals surface area contributed by atoms with Crippen molar-refractivity contribution in [1.82, 2.24) is 0 Å². The first-order valence-corrected chi connectivity index (χ1v) is 6.57. The Morgan fingerprint density at radius 1 is 1.50 bits per heavy atom. The minimum absolute atomic E-state index is 0.812. The molecule has 0 bridgehead atoms. The van der Waals surface area contributed by atoms with Crippen LogP contribution < -0.4 is 5.73 Å². The maximum Gasteiger partial charge on any atom is 0.173 e. The van der Waals surface area contributed by atoms with Gasteiger partial charge in [-0.3, -0.25) is 0 Å². The fourth-order valence-electron chi connectivity index (χ4n) is 0.808. The molecule has 1 unspecified atom stereocenters. The van der Waals surface area contributed by atoms with Crippen molar-refractivity contribution < 1.29 is 4.43 Å². The number of hydrogen-bond acceptors (Lipinski definition) is 2. The average molecular weight is 161 g/mol. The molecule has 0 aromatic carbocycles. The molecule has 0 saturated heterocycles. The van der Waals surface area contributed by atoms with Gasteiger partial charge in [-0.15, -0.1) is 0 Å². The molecule has 2 nitrogen and oxygen atoms in total. The van der Waals surface area contributed by atoms with Gasteiger partial charge < -0.3 is 10.2 Å². The molecule has 2 N–H and O–H groups in total. The summed E-state index contributed by atoms with van der Waals surface area (Å²) in [6.45, 7) is 6.14. The van der Waals surface area contributed by atoms with Crippen LogP contribution in [0, 0.1) is 0 Å². The van der Waals surface area contributed by atoms with E-state index in [0.29, 0.717) is 0 Å². The topological polar surface area (TPSA) is 35.2 Å². The van der Waals surface area contributed by atoms with Crippen LogP contribution in [0.4, 0.5) is 0 Å². The highest BCUT2D eigenvalue weighted by Gasteiger charge is 2.01. The van der Waals surface area contributed by atoms with Crippen molar-refractivity contribution in [2.75, 3.05) is 13.2 Å². The Balaban J connectivity index is 3.00. The minimum atomic E-state index is -0.817. The summed E-state index contributed by atoms with van der Waals surface area (Å²) in [5.41, 5.74) is 5.37. The molecule has 62 valence electrons. The molecule has 0 rings (SSSR count). The summed E-state index contributed by atoms with van der Waals surface area (Å²) in [6, 6.07) is 1.23. The molecular formula is C7H19NOSi. The third-order valence-electron chi connectivity index (χ3n) is 1.42. The summed E-state index contributed by atoms with van der Waals surface area (Å²) in [4.78, 5) is 0. The molecule has 0 spiro atoms. The van der Waals surface area contributed by atoms with Gasteiger partial charge in [0.15, 0.2) is 9.04 Å². The third kappa shape index (κ3) is 6.26. The largest absolute Gasteiger partial charge is 0.420 e. The van der Waals surface area contributed by atoms with Crippen LogP contribution in [-0.2, 0) is 4.43 Å². The fourth-order valence-corrected chi connectivity index (χ4v) is 2.42. The van der Waals surface area contributed by atoms with E-state index in [4.69, 9.17) is 10.2 Å². The normalized spacial score (nSPS) is 13.5. The molecule has 0 heterocycles. The molecule has 0 aromatic heterocycles. The second-order valence-electron chi connectivity index (χ2n) is 2.61. The lowest BCUT2D eigenvalue weighted by Crippen LogP contribution is -2.15. The van der Waals surface area contributed by atoms with Gasteiger partial charge >= 0.3 is 0 Å². The van der Waals surface area contributed by atoms with Crippen LogP contribution in [0.2, 0.25) is 12.6 Å². The Hall–Kier alpha value is 0.137. The predicted octanol–water partition coefficient (Wildman–Crippen LogP) is 1.12. The first kappa shape index (κ1) is 10.1. The lowest BCUT2D eigenvalue weighted by Gasteiger charge is -2.08. The van der Waals surface area contributed by atoms with Gasteiger partial charge in [0.25, 0.3) is 0 Å². The fraction of sp³-hybridized carbons (Fsp3) is 1.00. The number of nitrogens with two attached hydrogens (primary N) is 1. The predicted molar refractivity (Wildman–Crippen MR) is 47.7 cm³/mol. The van der Waals surface area contributed by atoms with Gasteiger partial charge in [0.1, 0.15) is 0 Å². The Morgan fingerprint density at radius 2 is 2.20 bits per heavy atom. The molecule has 0 aliphatic rings. The smallest absolute Gasteiger partial charge is 0.173 e. The van der Waals surface area contributed by atoms with Gasteiger partial charge in [-0.05, 0) is 32.0 Å². The van der Waals surface area contributed by atoms with Crippen molar-refractivity contribution >= 4 is 9.04 Å². The Bertz CT molecular complexity index is 62.6. The van der Waals surface area contributed by atoms with Gasteiger partial charge in [-0.25, -0.2) is 0 Å². The maximum atomic E-state index is 5.58. The molecule has 3 heteroatoms. The second kappa shape index (κ2) is 7.25. The Morgan fingerprint density at radius 3 is 2.70 bits per heavy atom. The van der Waals surface area contributed by atoms with Crippen molar-refractivity contribution in [3.05, 3.63) is 0 Å². The van der Waals surface area contributed by atoms with E-state index in [2.05, 4.69) is 13.5 Å². The van der Waals surface area contributed by atoms with Crippen LogP contribution in [0.1, 0.15) is 19.8 Å². The van der Waals surface area contributed by atoms with Gasteiger partial charge in [0.2, 0.25) is 0 Å². The standard InChI is InChI=1S/C7H19NOSi/c1-3-6-9-10(2)7-4-5-8/h10H,3-8H2,1-2H3. The van der Waals surface area contributed by atoms with Gasteiger partial charge in [0.05, 0.1) is 0 Å². The molecule has 0 aromatic rings. The maximum absolute atomic E-state index is 5.58. The van der Waals surface area contributed by atoms with E-state index in [1.807, 2.05) is 0 Å². The van der Waals surface area contributed by atoms with Gasteiger partial charge in [-0.1, -0.05) is 6.92 Å². The number of rotatable bonds is 6. The van der Waals surface area contributed by atoms with Crippen molar-refractivity contribution in [1.29, 1.82) is 0 Å². The van der Waals surface area contributed by atoms with E-state index >= 15 is 0 Å². The first-order chi connectivity index (χ1) is 4.81. The highest BCUT2D eigenvalue weighted by molar-refractivity contribution is 6.50. The molecule has 0 radical (unpaired) electrons. The second-order valence-corrected chi connectivity index (χ2v) is 5.14. The van der Waals surface area contributed by atoms with Crippen molar-refractivity contribution in [2.45, 2.75) is 32.4 Å². The van der Waals surface area contributed by atoms with Crippen molar-refractivity contribution in [3.8, 4) is 0 Å². The zero-order chi connectivity index (χ0) is 7.82. The summed E-state index contributed by atoms with van der Waals surface area (Å²) in [6.07, 6.45) is 2.27. The van der Waals surface area contributed by atoms with Crippen molar-refractivity contribution in [3.63, 3.8) is 0 Å². The van der Waals surface area contributed by atoms with Gasteiger partial charge in [0, 0.05) is 6.61 Å². The van der Waals surface area contributed by atoms with Gasteiger partial charge in [-0.2, -0.15) is 0 Å². The summed E-state index contributed by atoms with van der Waals surface area (Å²) in [5.74, 6) is 0. The van der Waals surface area contributed by atoms with E-state index in [-0.39, 0.29) is 0 Å². The minimum Gasteiger partial charge on any atom is -0.420 e. The summed E-state index contributed by atoms with van der Waals surface area (Å²) >= 11 is 0. The molecule has 0 aliphatic carbocycles. The molecule has 0 saturated carbocycles. The lowest BCUT2D eigenvalue weighted by molar-refractivity contribution is 0.321. The molecule has 10 heavy (non-hydrogen) atoms. The van der Waals surface area contributed by atoms with E-state index in [9.17, 15) is 0 Å². The summed E-state index contributed by atoms with van der Waals surface area (Å²) < 4.78 is 5.58. The summed E-state index contributed by atoms with van der Waals surface area (Å²) in [7, 11) is -0.817. The SMILES string of the molecule is CCCO[SiH](C)CCCN. The molecule has 0 fully saturated rings. The van der Waals surface area contributed by atoms with Crippen LogP contribution in [0.15, 0.2) is 0 Å². The molecule has 1 atom stereocenters. The average Bonchev–Trinajstić information content (AvgIpc) is 1.97. The van der Waals surface area contributed by atoms with Crippen LogP contribution >= 0.6 is 0 Å². The van der Waals surface area contributed by atoms with E-state index < -0.39 is 9.04 Å². The molecule has 0 aliphatic heterocycles. The first-order valence-electron chi connectivity index (χ1n) is 4.13. The van der Waals surface area contributed by atoms with E-state index in [1.165, 1.54) is 6.04 Å². The van der Waals surface area contributed by atoms with Crippen LogP contribution in [0.25, 0.3) is 0 Å². The quantitative estimate of drug-likeness (QED) is 0.592. The highest BCUT2D eigenvalue weighted by atomic mass is 28.3. The molecular weight excluding hydrogens is 142 g/mol. The monoisotopic (exact) mass is 161 g/mol. The zero-order valence-corrected chi connectivity index (χ0v) is 8.25. The Kier molecular flexibility index (Phi) is 7.35. The summed E-state index contributed by atoms with van der Waals surface area (Å²) in [5, 5.41) is 0. The molecule has 0 amide bonds. The highest BCUT2D eigenvalue weighted by Crippen LogP contribution is 1.98. The van der Waals surface area contributed by atoms with Crippen molar-refractivity contribution in [2.24, 2.45) is 5.73 Å².